The lowest BCUT2D eigenvalue weighted by Gasteiger charge is -2.30. The molecule has 6 nitrogen and oxygen atoms in total. The number of hydrogen-bond acceptors (Lipinski definition) is 4. The lowest BCUT2D eigenvalue weighted by atomic mass is 9.88. The number of nitrogens with zero attached hydrogens (tertiary/aromatic N) is 2. The van der Waals surface area contributed by atoms with Gasteiger partial charge in [-0.3, -0.25) is 14.5 Å². The molecule has 1 saturated carbocycles. The van der Waals surface area contributed by atoms with Crippen LogP contribution in [0.1, 0.15) is 68.9 Å². The molecule has 3 aliphatic rings. The Bertz CT molecular complexity index is 737. The van der Waals surface area contributed by atoms with Crippen molar-refractivity contribution in [1.29, 1.82) is 0 Å². The van der Waals surface area contributed by atoms with Crippen LogP contribution in [0.25, 0.3) is 0 Å². The largest absolute Gasteiger partial charge is 0.393 e. The van der Waals surface area contributed by atoms with E-state index in [9.17, 15) is 14.7 Å². The Morgan fingerprint density at radius 1 is 0.871 bits per heavy atom. The summed E-state index contributed by atoms with van der Waals surface area (Å²) in [5.41, 5.74) is 2.33. The van der Waals surface area contributed by atoms with Gasteiger partial charge in [-0.1, -0.05) is 43.5 Å². The van der Waals surface area contributed by atoms with Crippen LogP contribution in [-0.4, -0.2) is 58.5 Å². The zero-order chi connectivity index (χ0) is 21.6. The Morgan fingerprint density at radius 2 is 1.55 bits per heavy atom. The number of hydrogen-bond donors (Lipinski definition) is 2. The van der Waals surface area contributed by atoms with Crippen molar-refractivity contribution in [2.24, 2.45) is 5.92 Å². The molecule has 1 aromatic carbocycles. The maximum atomic E-state index is 12.9. The molecule has 0 bridgehead atoms. The molecule has 6 heteroatoms. The average molecular weight is 428 g/mol. The highest BCUT2D eigenvalue weighted by molar-refractivity contribution is 5.89. The molecule has 2 amide bonds. The topological polar surface area (TPSA) is 72.9 Å². The van der Waals surface area contributed by atoms with E-state index in [-0.39, 0.29) is 29.9 Å². The van der Waals surface area contributed by atoms with Gasteiger partial charge in [0, 0.05) is 38.6 Å². The van der Waals surface area contributed by atoms with E-state index < -0.39 is 0 Å². The number of carbonyl (C=O) groups is 2. The van der Waals surface area contributed by atoms with Crippen LogP contribution in [0.15, 0.2) is 24.3 Å². The van der Waals surface area contributed by atoms with Crippen LogP contribution in [0, 0.1) is 5.92 Å². The number of aliphatic hydroxyl groups excluding tert-OH is 1. The summed E-state index contributed by atoms with van der Waals surface area (Å²) in [6.45, 7) is 4.00. The van der Waals surface area contributed by atoms with Gasteiger partial charge in [0.15, 0.2) is 0 Å². The SMILES string of the molecule is O=C(NCc1ccc(CN2CCC(O)CC2)cc1)C1CCCN1C(=O)C1CCCCC1. The number of likely N-dealkylation sites (tertiary alicyclic amines) is 2. The first-order valence-electron chi connectivity index (χ1n) is 12.2. The molecule has 2 heterocycles. The Balaban J connectivity index is 1.25. The molecule has 0 radical (unpaired) electrons. The smallest absolute Gasteiger partial charge is 0.243 e. The third kappa shape index (κ3) is 5.86. The van der Waals surface area contributed by atoms with Crippen molar-refractivity contribution < 1.29 is 14.7 Å². The first kappa shape index (κ1) is 22.3. The van der Waals surface area contributed by atoms with E-state index in [1.165, 1.54) is 12.0 Å². The minimum Gasteiger partial charge on any atom is -0.393 e. The summed E-state index contributed by atoms with van der Waals surface area (Å²) >= 11 is 0. The quantitative estimate of drug-likeness (QED) is 0.732. The molecule has 0 aromatic heterocycles. The number of amides is 2. The van der Waals surface area contributed by atoms with Crippen molar-refractivity contribution in [3.8, 4) is 0 Å². The number of carbonyl (C=O) groups excluding carboxylic acids is 2. The van der Waals surface area contributed by atoms with Crippen molar-refractivity contribution in [3.63, 3.8) is 0 Å². The van der Waals surface area contributed by atoms with Gasteiger partial charge in [0.25, 0.3) is 0 Å². The van der Waals surface area contributed by atoms with Crippen molar-refractivity contribution in [3.05, 3.63) is 35.4 Å². The van der Waals surface area contributed by atoms with Gasteiger partial charge in [-0.2, -0.15) is 0 Å². The van der Waals surface area contributed by atoms with Crippen LogP contribution in [0.5, 0.6) is 0 Å². The molecule has 1 atom stereocenters. The van der Waals surface area contributed by atoms with E-state index in [1.54, 1.807) is 0 Å². The van der Waals surface area contributed by atoms with Crippen molar-refractivity contribution in [2.45, 2.75) is 83.0 Å². The molecule has 2 saturated heterocycles. The predicted octanol–water partition coefficient (Wildman–Crippen LogP) is 2.83. The fraction of sp³-hybridized carbons (Fsp3) is 0.680. The van der Waals surface area contributed by atoms with E-state index in [0.29, 0.717) is 6.54 Å². The minimum absolute atomic E-state index is 0.0161. The second-order valence-corrected chi connectivity index (χ2v) is 9.57. The van der Waals surface area contributed by atoms with Crippen LogP contribution in [0.2, 0.25) is 0 Å². The molecule has 170 valence electrons. The van der Waals surface area contributed by atoms with E-state index in [4.69, 9.17) is 0 Å². The summed E-state index contributed by atoms with van der Waals surface area (Å²) in [5, 5.41) is 12.7. The predicted molar refractivity (Wildman–Crippen MR) is 120 cm³/mol. The van der Waals surface area contributed by atoms with Crippen LogP contribution in [0.3, 0.4) is 0 Å². The zero-order valence-corrected chi connectivity index (χ0v) is 18.6. The maximum Gasteiger partial charge on any atom is 0.243 e. The Kier molecular flexibility index (Phi) is 7.62. The highest BCUT2D eigenvalue weighted by Crippen LogP contribution is 2.29. The highest BCUT2D eigenvalue weighted by atomic mass is 16.3. The summed E-state index contributed by atoms with van der Waals surface area (Å²) in [7, 11) is 0. The fourth-order valence-electron chi connectivity index (χ4n) is 5.29. The number of rotatable bonds is 6. The number of aliphatic hydroxyl groups is 1. The van der Waals surface area contributed by atoms with Gasteiger partial charge in [-0.15, -0.1) is 0 Å². The Labute approximate surface area is 186 Å². The zero-order valence-electron chi connectivity index (χ0n) is 18.6. The number of benzene rings is 1. The van der Waals surface area contributed by atoms with E-state index >= 15 is 0 Å². The van der Waals surface area contributed by atoms with Gasteiger partial charge in [0.2, 0.25) is 11.8 Å². The van der Waals surface area contributed by atoms with Gasteiger partial charge >= 0.3 is 0 Å². The minimum atomic E-state index is -0.303. The third-order valence-corrected chi connectivity index (χ3v) is 7.25. The highest BCUT2D eigenvalue weighted by Gasteiger charge is 2.37. The summed E-state index contributed by atoms with van der Waals surface area (Å²) in [6, 6.07) is 8.10. The van der Waals surface area contributed by atoms with Crippen molar-refractivity contribution >= 4 is 11.8 Å². The monoisotopic (exact) mass is 427 g/mol. The fourth-order valence-corrected chi connectivity index (χ4v) is 5.29. The molecule has 0 spiro atoms. The lowest BCUT2D eigenvalue weighted by molar-refractivity contribution is -0.142. The molecule has 4 rings (SSSR count). The summed E-state index contributed by atoms with van der Waals surface area (Å²) in [5.74, 6) is 0.308. The first-order chi connectivity index (χ1) is 15.1. The van der Waals surface area contributed by atoms with E-state index in [1.807, 2.05) is 4.90 Å². The molecular formula is C25H37N3O3. The second-order valence-electron chi connectivity index (χ2n) is 9.57. The van der Waals surface area contributed by atoms with Crippen LogP contribution < -0.4 is 5.32 Å². The summed E-state index contributed by atoms with van der Waals surface area (Å²) < 4.78 is 0. The lowest BCUT2D eigenvalue weighted by Crippen LogP contribution is -2.47. The standard InChI is InChI=1S/C25H37N3O3/c29-22-12-15-27(16-13-22)18-20-10-8-19(9-11-20)17-26-24(30)23-7-4-14-28(23)25(31)21-5-2-1-3-6-21/h8-11,21-23,29H,1-7,12-18H2,(H,26,30). The molecule has 1 aliphatic carbocycles. The van der Waals surface area contributed by atoms with Crippen molar-refractivity contribution in [2.75, 3.05) is 19.6 Å². The Morgan fingerprint density at radius 3 is 2.26 bits per heavy atom. The molecule has 31 heavy (non-hydrogen) atoms. The molecule has 2 aliphatic heterocycles. The van der Waals surface area contributed by atoms with E-state index in [2.05, 4.69) is 34.5 Å². The van der Waals surface area contributed by atoms with Gasteiger partial charge < -0.3 is 15.3 Å². The van der Waals surface area contributed by atoms with Gasteiger partial charge in [0.05, 0.1) is 6.10 Å². The van der Waals surface area contributed by atoms with Gasteiger partial charge in [0.1, 0.15) is 6.04 Å². The molecule has 2 N–H and O–H groups in total. The second kappa shape index (κ2) is 10.6. The average Bonchev–Trinajstić information content (AvgIpc) is 3.30. The normalized spacial score (nSPS) is 23.8. The molecular weight excluding hydrogens is 390 g/mol. The Hall–Kier alpha value is -1.92. The third-order valence-electron chi connectivity index (χ3n) is 7.25. The molecule has 3 fully saturated rings. The molecule has 1 unspecified atom stereocenters. The molecule has 1 aromatic rings. The van der Waals surface area contributed by atoms with Crippen molar-refractivity contribution in [1.82, 2.24) is 15.1 Å². The van der Waals surface area contributed by atoms with Gasteiger partial charge in [-0.05, 0) is 49.7 Å². The van der Waals surface area contributed by atoms with Crippen LogP contribution >= 0.6 is 0 Å². The summed E-state index contributed by atoms with van der Waals surface area (Å²) in [6.07, 6.45) is 8.71. The maximum absolute atomic E-state index is 12.9. The first-order valence-corrected chi connectivity index (χ1v) is 12.2. The summed E-state index contributed by atoms with van der Waals surface area (Å²) in [4.78, 5) is 30.0. The van der Waals surface area contributed by atoms with Crippen LogP contribution in [0.4, 0.5) is 0 Å². The van der Waals surface area contributed by atoms with Crippen LogP contribution in [-0.2, 0) is 22.7 Å². The van der Waals surface area contributed by atoms with Gasteiger partial charge in [-0.25, -0.2) is 0 Å². The number of piperidine rings is 1. The number of nitrogens with one attached hydrogen (secondary N) is 1. The van der Waals surface area contributed by atoms with E-state index in [0.717, 1.165) is 83.1 Å².